The maximum atomic E-state index is 12.0. The van der Waals surface area contributed by atoms with Crippen LogP contribution in [0.2, 0.25) is 0 Å². The summed E-state index contributed by atoms with van der Waals surface area (Å²) >= 11 is 3.26. The normalized spacial score (nSPS) is 25.7. The zero-order valence-corrected chi connectivity index (χ0v) is 16.5. The Bertz CT molecular complexity index is 981. The van der Waals surface area contributed by atoms with Gasteiger partial charge in [-0.25, -0.2) is 0 Å². The Balaban J connectivity index is 1.48. The first-order chi connectivity index (χ1) is 13.6. The van der Waals surface area contributed by atoms with Crippen LogP contribution in [0.4, 0.5) is 11.4 Å². The van der Waals surface area contributed by atoms with Gasteiger partial charge >= 0.3 is 0 Å². The number of hydrogen-bond acceptors (Lipinski definition) is 7. The Hall–Kier alpha value is -2.13. The summed E-state index contributed by atoms with van der Waals surface area (Å²) in [6, 6.07) is 14.2. The number of amides is 1. The van der Waals surface area contributed by atoms with Crippen molar-refractivity contribution < 1.29 is 14.6 Å². The molecule has 2 aromatic rings. The van der Waals surface area contributed by atoms with Crippen molar-refractivity contribution in [2.24, 2.45) is 5.73 Å². The lowest BCUT2D eigenvalue weighted by atomic mass is 10.1. The van der Waals surface area contributed by atoms with E-state index < -0.39 is 12.2 Å². The van der Waals surface area contributed by atoms with Crippen LogP contribution >= 0.6 is 23.5 Å². The minimum Gasteiger partial charge on any atom is -0.366 e. The monoisotopic (exact) mass is 413 g/mol. The van der Waals surface area contributed by atoms with Crippen molar-refractivity contribution in [2.45, 2.75) is 33.9 Å². The molecule has 0 radical (unpaired) electrons. The van der Waals surface area contributed by atoms with Crippen molar-refractivity contribution in [3.05, 3.63) is 59.1 Å². The number of carbonyl (C=O) groups excluding carboxylic acids is 1. The SMILES string of the molecule is NC(=O)C1=CSC(c2ccc3c(c2)Nc2ccccc2S3)N1[C@H]1CCOC1O. The summed E-state index contributed by atoms with van der Waals surface area (Å²) in [4.78, 5) is 16.3. The Morgan fingerprint density at radius 1 is 1.21 bits per heavy atom. The quantitative estimate of drug-likeness (QED) is 0.607. The van der Waals surface area contributed by atoms with Crippen LogP contribution in [0.25, 0.3) is 0 Å². The van der Waals surface area contributed by atoms with Gasteiger partial charge in [0.2, 0.25) is 0 Å². The van der Waals surface area contributed by atoms with Crippen LogP contribution in [0.5, 0.6) is 0 Å². The zero-order valence-electron chi connectivity index (χ0n) is 14.9. The summed E-state index contributed by atoms with van der Waals surface area (Å²) < 4.78 is 5.33. The standard InChI is InChI=1S/C20H19N3O3S2/c21-18(24)15-10-27-19(23(15)14-7-8-26-20(14)25)11-5-6-17-13(9-11)22-12-3-1-2-4-16(12)28-17/h1-6,9-10,14,19-20,22,25H,7-8H2,(H2,21,24)/t14-,19?,20?/m0/s1. The molecular weight excluding hydrogens is 394 g/mol. The van der Waals surface area contributed by atoms with Crippen LogP contribution in [0, 0.1) is 0 Å². The van der Waals surface area contributed by atoms with E-state index in [0.717, 1.165) is 21.8 Å². The third-order valence-electron chi connectivity index (χ3n) is 5.15. The van der Waals surface area contributed by atoms with Crippen molar-refractivity contribution in [1.82, 2.24) is 4.90 Å². The first-order valence-corrected chi connectivity index (χ1v) is 10.8. The van der Waals surface area contributed by atoms with E-state index in [4.69, 9.17) is 10.5 Å². The number of ether oxygens (including phenoxy) is 1. The lowest BCUT2D eigenvalue weighted by molar-refractivity contribution is -0.118. The summed E-state index contributed by atoms with van der Waals surface area (Å²) in [6.45, 7) is 0.463. The van der Waals surface area contributed by atoms with Gasteiger partial charge in [0.25, 0.3) is 5.91 Å². The van der Waals surface area contributed by atoms with Gasteiger partial charge in [0.15, 0.2) is 6.29 Å². The smallest absolute Gasteiger partial charge is 0.265 e. The average molecular weight is 414 g/mol. The van der Waals surface area contributed by atoms with Crippen LogP contribution in [-0.4, -0.2) is 34.9 Å². The molecule has 3 aliphatic heterocycles. The summed E-state index contributed by atoms with van der Waals surface area (Å²) in [5, 5.41) is 15.4. The minimum absolute atomic E-state index is 0.141. The van der Waals surface area contributed by atoms with Gasteiger partial charge in [0.1, 0.15) is 11.1 Å². The fourth-order valence-corrected chi connectivity index (χ4v) is 5.98. The molecule has 3 atom stereocenters. The van der Waals surface area contributed by atoms with E-state index in [1.165, 1.54) is 16.7 Å². The summed E-state index contributed by atoms with van der Waals surface area (Å²) in [5.74, 6) is -0.491. The molecule has 144 valence electrons. The number of aliphatic hydroxyl groups is 1. The molecule has 8 heteroatoms. The molecule has 1 fully saturated rings. The predicted octanol–water partition coefficient (Wildman–Crippen LogP) is 3.38. The molecule has 0 aromatic heterocycles. The first-order valence-electron chi connectivity index (χ1n) is 9.03. The van der Waals surface area contributed by atoms with E-state index in [1.54, 1.807) is 17.2 Å². The number of thioether (sulfide) groups is 1. The molecule has 1 saturated heterocycles. The molecule has 0 spiro atoms. The highest BCUT2D eigenvalue weighted by molar-refractivity contribution is 8.02. The van der Waals surface area contributed by atoms with Gasteiger partial charge in [-0.1, -0.05) is 30.0 Å². The number of para-hydroxylation sites is 1. The molecule has 3 aliphatic rings. The second-order valence-electron chi connectivity index (χ2n) is 6.86. The van der Waals surface area contributed by atoms with Crippen molar-refractivity contribution in [1.29, 1.82) is 0 Å². The molecule has 4 N–H and O–H groups in total. The van der Waals surface area contributed by atoms with E-state index >= 15 is 0 Å². The fourth-order valence-electron chi connectivity index (χ4n) is 3.81. The molecular formula is C20H19N3O3S2. The van der Waals surface area contributed by atoms with Gasteiger partial charge < -0.3 is 25.8 Å². The molecule has 2 unspecified atom stereocenters. The number of primary amides is 1. The van der Waals surface area contributed by atoms with Crippen LogP contribution < -0.4 is 11.1 Å². The third kappa shape index (κ3) is 2.97. The van der Waals surface area contributed by atoms with Crippen LogP contribution in [0.1, 0.15) is 17.4 Å². The van der Waals surface area contributed by atoms with Crippen LogP contribution in [0.15, 0.2) is 63.4 Å². The molecule has 5 rings (SSSR count). The maximum absolute atomic E-state index is 12.0. The minimum atomic E-state index is -0.929. The number of aliphatic hydroxyl groups excluding tert-OH is 1. The Morgan fingerprint density at radius 3 is 2.82 bits per heavy atom. The number of nitrogens with two attached hydrogens (primary N) is 1. The van der Waals surface area contributed by atoms with Gasteiger partial charge in [-0.05, 0) is 36.2 Å². The molecule has 0 aliphatic carbocycles. The number of benzene rings is 2. The molecule has 0 bridgehead atoms. The van der Waals surface area contributed by atoms with Gasteiger partial charge in [-0.2, -0.15) is 0 Å². The molecule has 3 heterocycles. The molecule has 0 saturated carbocycles. The van der Waals surface area contributed by atoms with Gasteiger partial charge in [-0.15, -0.1) is 11.8 Å². The summed E-state index contributed by atoms with van der Waals surface area (Å²) in [6.07, 6.45) is -0.280. The lowest BCUT2D eigenvalue weighted by Crippen LogP contribution is -2.42. The van der Waals surface area contributed by atoms with E-state index in [0.29, 0.717) is 18.7 Å². The second-order valence-corrected chi connectivity index (χ2v) is 8.90. The number of fused-ring (bicyclic) bond motifs is 2. The largest absolute Gasteiger partial charge is 0.366 e. The number of carbonyl (C=O) groups is 1. The first kappa shape index (κ1) is 17.9. The van der Waals surface area contributed by atoms with E-state index in [2.05, 4.69) is 35.6 Å². The molecule has 6 nitrogen and oxygen atoms in total. The highest BCUT2D eigenvalue weighted by Gasteiger charge is 2.42. The lowest BCUT2D eigenvalue weighted by Gasteiger charge is -2.35. The van der Waals surface area contributed by atoms with Gasteiger partial charge in [0, 0.05) is 15.2 Å². The zero-order chi connectivity index (χ0) is 19.3. The topological polar surface area (TPSA) is 87.8 Å². The molecule has 1 amide bonds. The van der Waals surface area contributed by atoms with Crippen LogP contribution in [0.3, 0.4) is 0 Å². The highest BCUT2D eigenvalue weighted by Crippen LogP contribution is 2.49. The predicted molar refractivity (Wildman–Crippen MR) is 110 cm³/mol. The Kier molecular flexibility index (Phi) is 4.51. The van der Waals surface area contributed by atoms with Gasteiger partial charge in [-0.3, -0.25) is 4.79 Å². The van der Waals surface area contributed by atoms with Crippen molar-refractivity contribution in [3.63, 3.8) is 0 Å². The molecule has 28 heavy (non-hydrogen) atoms. The van der Waals surface area contributed by atoms with Crippen molar-refractivity contribution in [3.8, 4) is 0 Å². The number of nitrogens with one attached hydrogen (secondary N) is 1. The number of rotatable bonds is 3. The van der Waals surface area contributed by atoms with Crippen molar-refractivity contribution >= 4 is 40.8 Å². The molecule has 2 aromatic carbocycles. The number of nitrogens with zero attached hydrogens (tertiary/aromatic N) is 1. The number of anilines is 2. The number of hydrogen-bond donors (Lipinski definition) is 3. The fraction of sp³-hybridized carbons (Fsp3) is 0.250. The van der Waals surface area contributed by atoms with E-state index in [1.807, 2.05) is 17.0 Å². The highest BCUT2D eigenvalue weighted by atomic mass is 32.2. The van der Waals surface area contributed by atoms with E-state index in [9.17, 15) is 9.90 Å². The van der Waals surface area contributed by atoms with Crippen LogP contribution in [-0.2, 0) is 9.53 Å². The maximum Gasteiger partial charge on any atom is 0.265 e. The average Bonchev–Trinajstić information content (AvgIpc) is 3.31. The van der Waals surface area contributed by atoms with E-state index in [-0.39, 0.29) is 11.4 Å². The third-order valence-corrected chi connectivity index (χ3v) is 7.41. The Morgan fingerprint density at radius 2 is 2.04 bits per heavy atom. The Labute approximate surface area is 171 Å². The van der Waals surface area contributed by atoms with Crippen molar-refractivity contribution in [2.75, 3.05) is 11.9 Å². The second kappa shape index (κ2) is 7.04. The summed E-state index contributed by atoms with van der Waals surface area (Å²) in [5.41, 5.74) is 9.20. The summed E-state index contributed by atoms with van der Waals surface area (Å²) in [7, 11) is 0. The van der Waals surface area contributed by atoms with Gasteiger partial charge in [0.05, 0.1) is 24.0 Å².